The first-order chi connectivity index (χ1) is 17.7. The van der Waals surface area contributed by atoms with Crippen molar-refractivity contribution in [3.8, 4) is 11.5 Å². The summed E-state index contributed by atoms with van der Waals surface area (Å²) in [6.45, 7) is 3.69. The second kappa shape index (κ2) is 10.2. The molecule has 0 saturated carbocycles. The van der Waals surface area contributed by atoms with Gasteiger partial charge in [-0.3, -0.25) is 14.5 Å². The number of carbonyl (C=O) groups excluding carboxylic acids is 3. The maximum absolute atomic E-state index is 13.5. The van der Waals surface area contributed by atoms with Crippen molar-refractivity contribution in [1.29, 1.82) is 0 Å². The van der Waals surface area contributed by atoms with E-state index in [1.165, 1.54) is 32.3 Å². The highest BCUT2D eigenvalue weighted by Gasteiger charge is 2.48. The van der Waals surface area contributed by atoms with Crippen LogP contribution in [0.4, 0.5) is 5.69 Å². The van der Waals surface area contributed by atoms with E-state index in [4.69, 9.17) is 14.2 Å². The van der Waals surface area contributed by atoms with Crippen LogP contribution in [0.15, 0.2) is 66.2 Å². The number of nitrogens with zero attached hydrogens (tertiary/aromatic N) is 1. The molecule has 1 saturated heterocycles. The third-order valence-corrected chi connectivity index (χ3v) is 6.30. The van der Waals surface area contributed by atoms with E-state index in [9.17, 15) is 19.5 Å². The molecule has 0 radical (unpaired) electrons. The summed E-state index contributed by atoms with van der Waals surface area (Å²) < 4.78 is 15.9. The Bertz CT molecular complexity index is 1440. The van der Waals surface area contributed by atoms with Crippen molar-refractivity contribution in [2.45, 2.75) is 19.9 Å². The largest absolute Gasteiger partial charge is 0.507 e. The number of para-hydroxylation sites is 1. The summed E-state index contributed by atoms with van der Waals surface area (Å²) in [6, 6.07) is 15.7. The molecule has 0 aliphatic carbocycles. The van der Waals surface area contributed by atoms with Crippen LogP contribution >= 0.6 is 0 Å². The molecule has 3 aromatic carbocycles. The van der Waals surface area contributed by atoms with Gasteiger partial charge in [-0.05, 0) is 55.3 Å². The fourth-order valence-corrected chi connectivity index (χ4v) is 4.73. The van der Waals surface area contributed by atoms with Crippen LogP contribution in [0.3, 0.4) is 0 Å². The second-order valence-electron chi connectivity index (χ2n) is 8.62. The van der Waals surface area contributed by atoms with Gasteiger partial charge in [0.1, 0.15) is 17.3 Å². The molecule has 1 fully saturated rings. The van der Waals surface area contributed by atoms with Crippen LogP contribution < -0.4 is 14.4 Å². The molecule has 37 heavy (non-hydrogen) atoms. The monoisotopic (exact) mass is 501 g/mol. The summed E-state index contributed by atoms with van der Waals surface area (Å²) in [6.07, 6.45) is 0. The van der Waals surface area contributed by atoms with Gasteiger partial charge in [0.05, 0.1) is 44.1 Å². The molecular formula is C29H27NO7. The SMILES string of the molecule is COC(=O)c1cccc(N2C(=O)C(=O)/C(=C(/O)c3cc(C)cc(C)c3OC)C2c2ccccc2OC)c1. The first-order valence-corrected chi connectivity index (χ1v) is 11.5. The van der Waals surface area contributed by atoms with E-state index in [0.29, 0.717) is 22.6 Å². The first-order valence-electron chi connectivity index (χ1n) is 11.5. The summed E-state index contributed by atoms with van der Waals surface area (Å²) in [7, 11) is 4.21. The Morgan fingerprint density at radius 1 is 0.919 bits per heavy atom. The first kappa shape index (κ1) is 25.5. The van der Waals surface area contributed by atoms with Gasteiger partial charge in [0.2, 0.25) is 0 Å². The van der Waals surface area contributed by atoms with E-state index < -0.39 is 23.7 Å². The van der Waals surface area contributed by atoms with E-state index in [1.807, 2.05) is 19.9 Å². The predicted molar refractivity (Wildman–Crippen MR) is 138 cm³/mol. The molecular weight excluding hydrogens is 474 g/mol. The standard InChI is InChI=1S/C29H27NO7/c1-16-13-17(2)27(36-4)21(14-16)25(31)23-24(20-11-6-7-12-22(20)35-3)30(28(33)26(23)32)19-10-8-9-18(15-19)29(34)37-5/h6-15,24,31H,1-5H3/b25-23+. The van der Waals surface area contributed by atoms with Gasteiger partial charge < -0.3 is 19.3 Å². The van der Waals surface area contributed by atoms with Gasteiger partial charge in [-0.25, -0.2) is 4.79 Å². The number of aryl methyl sites for hydroxylation is 2. The Morgan fingerprint density at radius 3 is 2.32 bits per heavy atom. The Morgan fingerprint density at radius 2 is 1.65 bits per heavy atom. The lowest BCUT2D eigenvalue weighted by atomic mass is 9.93. The fraction of sp³-hybridized carbons (Fsp3) is 0.207. The summed E-state index contributed by atoms with van der Waals surface area (Å²) in [5.41, 5.74) is 2.75. The smallest absolute Gasteiger partial charge is 0.337 e. The van der Waals surface area contributed by atoms with Gasteiger partial charge in [-0.15, -0.1) is 0 Å². The maximum atomic E-state index is 13.5. The Balaban J connectivity index is 2.04. The zero-order valence-electron chi connectivity index (χ0n) is 21.2. The number of ketones is 1. The molecule has 8 heteroatoms. The van der Waals surface area contributed by atoms with E-state index in [1.54, 1.807) is 48.5 Å². The number of benzene rings is 3. The summed E-state index contributed by atoms with van der Waals surface area (Å²) in [4.78, 5) is 40.5. The molecule has 0 bridgehead atoms. The highest BCUT2D eigenvalue weighted by Crippen LogP contribution is 2.46. The van der Waals surface area contributed by atoms with Gasteiger partial charge >= 0.3 is 5.97 Å². The van der Waals surface area contributed by atoms with Crippen molar-refractivity contribution in [2.24, 2.45) is 0 Å². The number of rotatable bonds is 6. The lowest BCUT2D eigenvalue weighted by Gasteiger charge is -2.27. The summed E-state index contributed by atoms with van der Waals surface area (Å²) in [5.74, 6) is -1.89. The van der Waals surface area contributed by atoms with Crippen molar-refractivity contribution in [3.05, 3.63) is 94.1 Å². The molecule has 3 aromatic rings. The highest BCUT2D eigenvalue weighted by atomic mass is 16.5. The molecule has 1 aliphatic heterocycles. The van der Waals surface area contributed by atoms with Crippen LogP contribution in [0.5, 0.6) is 11.5 Å². The number of carbonyl (C=O) groups is 3. The van der Waals surface area contributed by atoms with Crippen LogP contribution in [0.1, 0.15) is 38.7 Å². The molecule has 8 nitrogen and oxygen atoms in total. The molecule has 1 unspecified atom stereocenters. The van der Waals surface area contributed by atoms with Crippen LogP contribution in [0.2, 0.25) is 0 Å². The lowest BCUT2D eigenvalue weighted by Crippen LogP contribution is -2.29. The maximum Gasteiger partial charge on any atom is 0.337 e. The van der Waals surface area contributed by atoms with Gasteiger partial charge in [-0.1, -0.05) is 30.3 Å². The van der Waals surface area contributed by atoms with Gasteiger partial charge in [-0.2, -0.15) is 0 Å². The molecule has 0 aromatic heterocycles. The topological polar surface area (TPSA) is 102 Å². The average Bonchev–Trinajstić information content (AvgIpc) is 3.17. The molecule has 0 spiro atoms. The third kappa shape index (κ3) is 4.42. The number of Topliss-reactive ketones (excluding diaryl/α,β-unsaturated/α-hetero) is 1. The molecule has 190 valence electrons. The molecule has 1 N–H and O–H groups in total. The van der Waals surface area contributed by atoms with Crippen LogP contribution in [0.25, 0.3) is 5.76 Å². The fourth-order valence-electron chi connectivity index (χ4n) is 4.73. The number of ether oxygens (including phenoxy) is 3. The average molecular weight is 502 g/mol. The zero-order chi connectivity index (χ0) is 26.9. The number of esters is 1. The Labute approximate surface area is 214 Å². The van der Waals surface area contributed by atoms with Crippen molar-refractivity contribution in [1.82, 2.24) is 0 Å². The zero-order valence-corrected chi connectivity index (χ0v) is 21.2. The van der Waals surface area contributed by atoms with Crippen LogP contribution in [0, 0.1) is 13.8 Å². The van der Waals surface area contributed by atoms with Crippen molar-refractivity contribution in [2.75, 3.05) is 26.2 Å². The van der Waals surface area contributed by atoms with Crippen LogP contribution in [-0.4, -0.2) is 44.1 Å². The van der Waals surface area contributed by atoms with Crippen LogP contribution in [-0.2, 0) is 14.3 Å². The molecule has 4 rings (SSSR count). The van der Waals surface area contributed by atoms with Gasteiger partial charge in [0, 0.05) is 11.3 Å². The van der Waals surface area contributed by atoms with Crippen molar-refractivity contribution >= 4 is 29.1 Å². The van der Waals surface area contributed by atoms with Gasteiger partial charge in [0.25, 0.3) is 11.7 Å². The third-order valence-electron chi connectivity index (χ3n) is 6.30. The number of anilines is 1. The van der Waals surface area contributed by atoms with Gasteiger partial charge in [0.15, 0.2) is 0 Å². The molecule has 1 heterocycles. The number of methoxy groups -OCH3 is 3. The second-order valence-corrected chi connectivity index (χ2v) is 8.62. The summed E-state index contributed by atoms with van der Waals surface area (Å²) in [5, 5.41) is 11.6. The minimum Gasteiger partial charge on any atom is -0.507 e. The number of amides is 1. The number of hydrogen-bond acceptors (Lipinski definition) is 7. The molecule has 1 atom stereocenters. The normalized spacial score (nSPS) is 16.6. The van der Waals surface area contributed by atoms with E-state index in [0.717, 1.165) is 11.1 Å². The quantitative estimate of drug-likeness (QED) is 0.225. The minimum atomic E-state index is -1.05. The van der Waals surface area contributed by atoms with Crippen molar-refractivity contribution in [3.63, 3.8) is 0 Å². The molecule has 1 amide bonds. The molecule has 1 aliphatic rings. The van der Waals surface area contributed by atoms with E-state index in [-0.39, 0.29) is 22.6 Å². The highest BCUT2D eigenvalue weighted by molar-refractivity contribution is 6.51. The minimum absolute atomic E-state index is 0.124. The Kier molecular flexibility index (Phi) is 7.02. The van der Waals surface area contributed by atoms with E-state index >= 15 is 0 Å². The van der Waals surface area contributed by atoms with E-state index in [2.05, 4.69) is 0 Å². The Hall–Kier alpha value is -4.59. The number of hydrogen-bond donors (Lipinski definition) is 1. The predicted octanol–water partition coefficient (Wildman–Crippen LogP) is 4.73. The number of aliphatic hydroxyl groups excluding tert-OH is 1. The summed E-state index contributed by atoms with van der Waals surface area (Å²) >= 11 is 0. The lowest BCUT2D eigenvalue weighted by molar-refractivity contribution is -0.132. The number of aliphatic hydroxyl groups is 1. The van der Waals surface area contributed by atoms with Crippen molar-refractivity contribution < 1.29 is 33.7 Å².